The van der Waals surface area contributed by atoms with Crippen molar-refractivity contribution in [2.45, 2.75) is 68.3 Å². The number of sulfonamides is 1. The van der Waals surface area contributed by atoms with Crippen molar-refractivity contribution in [3.05, 3.63) is 30.3 Å². The maximum Gasteiger partial charge on any atom is 0.243 e. The molecule has 1 aromatic carbocycles. The van der Waals surface area contributed by atoms with Crippen LogP contribution in [0, 0.1) is 0 Å². The molecule has 0 radical (unpaired) electrons. The van der Waals surface area contributed by atoms with E-state index < -0.39 is 16.1 Å². The SMILES string of the molecule is O=C(NCCNC1CCCCCC1)C1CCCN1S(=O)(=O)c1ccccc1. The molecule has 7 heteroatoms. The zero-order chi connectivity index (χ0) is 19.1. The maximum absolute atomic E-state index is 12.9. The number of amides is 1. The summed E-state index contributed by atoms with van der Waals surface area (Å²) in [5, 5.41) is 6.45. The minimum Gasteiger partial charge on any atom is -0.353 e. The summed E-state index contributed by atoms with van der Waals surface area (Å²) in [6.07, 6.45) is 8.90. The van der Waals surface area contributed by atoms with Crippen LogP contribution in [-0.4, -0.2) is 50.3 Å². The molecule has 1 aliphatic carbocycles. The molecule has 2 aliphatic rings. The predicted octanol–water partition coefficient (Wildman–Crippen LogP) is 2.27. The topological polar surface area (TPSA) is 78.5 Å². The Kier molecular flexibility index (Phi) is 7.26. The van der Waals surface area contributed by atoms with E-state index in [2.05, 4.69) is 10.6 Å². The number of nitrogens with zero attached hydrogens (tertiary/aromatic N) is 1. The molecule has 6 nitrogen and oxygen atoms in total. The van der Waals surface area contributed by atoms with Crippen LogP contribution in [0.15, 0.2) is 35.2 Å². The van der Waals surface area contributed by atoms with Crippen LogP contribution in [0.1, 0.15) is 51.4 Å². The van der Waals surface area contributed by atoms with Crippen LogP contribution in [0.2, 0.25) is 0 Å². The second-order valence-corrected chi connectivity index (χ2v) is 9.41. The largest absolute Gasteiger partial charge is 0.353 e. The molecular weight excluding hydrogens is 362 g/mol. The number of hydrogen-bond donors (Lipinski definition) is 2. The Labute approximate surface area is 162 Å². The monoisotopic (exact) mass is 393 g/mol. The number of nitrogens with one attached hydrogen (secondary N) is 2. The van der Waals surface area contributed by atoms with Crippen LogP contribution in [0.3, 0.4) is 0 Å². The molecule has 1 heterocycles. The standard InChI is InChI=1S/C20H31N3O3S/c24-20(22-15-14-21-17-9-4-1-2-5-10-17)19-13-8-16-23(19)27(25,26)18-11-6-3-7-12-18/h3,6-7,11-12,17,19,21H,1-2,4-5,8-10,13-16H2,(H,22,24). The van der Waals surface area contributed by atoms with Crippen molar-refractivity contribution in [1.82, 2.24) is 14.9 Å². The van der Waals surface area contributed by atoms with Gasteiger partial charge >= 0.3 is 0 Å². The zero-order valence-electron chi connectivity index (χ0n) is 15.9. The average molecular weight is 394 g/mol. The minimum atomic E-state index is -3.63. The quantitative estimate of drug-likeness (QED) is 0.550. The van der Waals surface area contributed by atoms with Gasteiger partial charge in [0.2, 0.25) is 15.9 Å². The second-order valence-electron chi connectivity index (χ2n) is 7.52. The first-order chi connectivity index (χ1) is 13.1. The molecule has 3 rings (SSSR count). The van der Waals surface area contributed by atoms with Gasteiger partial charge in [-0.3, -0.25) is 4.79 Å². The molecule has 0 aromatic heterocycles. The predicted molar refractivity (Wildman–Crippen MR) is 106 cm³/mol. The number of rotatable bonds is 7. The van der Waals surface area contributed by atoms with Crippen LogP contribution in [0.25, 0.3) is 0 Å². The van der Waals surface area contributed by atoms with Crippen molar-refractivity contribution in [2.24, 2.45) is 0 Å². The number of hydrogen-bond acceptors (Lipinski definition) is 4. The van der Waals surface area contributed by atoms with Gasteiger partial charge in [-0.05, 0) is 37.8 Å². The van der Waals surface area contributed by atoms with Gasteiger partial charge in [-0.1, -0.05) is 43.9 Å². The Morgan fingerprint density at radius 1 is 0.963 bits per heavy atom. The van der Waals surface area contributed by atoms with Crippen molar-refractivity contribution >= 4 is 15.9 Å². The Bertz CT molecular complexity index is 700. The van der Waals surface area contributed by atoms with E-state index in [9.17, 15) is 13.2 Å². The molecule has 1 unspecified atom stereocenters. The molecule has 1 aromatic rings. The molecule has 1 amide bonds. The minimum absolute atomic E-state index is 0.185. The van der Waals surface area contributed by atoms with Gasteiger partial charge in [-0.25, -0.2) is 8.42 Å². The molecular formula is C20H31N3O3S. The normalized spacial score (nSPS) is 22.4. The summed E-state index contributed by atoms with van der Waals surface area (Å²) >= 11 is 0. The Balaban J connectivity index is 1.50. The molecule has 150 valence electrons. The molecule has 0 spiro atoms. The van der Waals surface area contributed by atoms with Crippen LogP contribution in [0.5, 0.6) is 0 Å². The molecule has 1 atom stereocenters. The smallest absolute Gasteiger partial charge is 0.243 e. The van der Waals surface area contributed by atoms with Crippen LogP contribution in [0.4, 0.5) is 0 Å². The van der Waals surface area contributed by atoms with Crippen molar-refractivity contribution in [2.75, 3.05) is 19.6 Å². The van der Waals surface area contributed by atoms with Gasteiger partial charge < -0.3 is 10.6 Å². The lowest BCUT2D eigenvalue weighted by molar-refractivity contribution is -0.124. The lowest BCUT2D eigenvalue weighted by Crippen LogP contribution is -2.47. The molecule has 27 heavy (non-hydrogen) atoms. The summed E-state index contributed by atoms with van der Waals surface area (Å²) in [6, 6.07) is 8.31. The highest BCUT2D eigenvalue weighted by atomic mass is 32.2. The van der Waals surface area contributed by atoms with Gasteiger partial charge in [0.05, 0.1) is 4.90 Å². The van der Waals surface area contributed by atoms with Gasteiger partial charge in [-0.2, -0.15) is 4.31 Å². The Morgan fingerprint density at radius 2 is 1.67 bits per heavy atom. The highest BCUT2D eigenvalue weighted by Gasteiger charge is 2.39. The summed E-state index contributed by atoms with van der Waals surface area (Å²) in [5.74, 6) is -0.185. The molecule has 1 saturated carbocycles. The number of carbonyl (C=O) groups excluding carboxylic acids is 1. The van der Waals surface area contributed by atoms with Crippen molar-refractivity contribution in [3.63, 3.8) is 0 Å². The van der Waals surface area contributed by atoms with Gasteiger partial charge in [0.25, 0.3) is 0 Å². The third-order valence-electron chi connectivity index (χ3n) is 5.57. The van der Waals surface area contributed by atoms with Crippen LogP contribution < -0.4 is 10.6 Å². The maximum atomic E-state index is 12.9. The number of benzene rings is 1. The highest BCUT2D eigenvalue weighted by molar-refractivity contribution is 7.89. The average Bonchev–Trinajstić information content (AvgIpc) is 3.05. The van der Waals surface area contributed by atoms with E-state index >= 15 is 0 Å². The van der Waals surface area contributed by atoms with Crippen molar-refractivity contribution in [1.29, 1.82) is 0 Å². The summed E-state index contributed by atoms with van der Waals surface area (Å²) in [7, 11) is -3.63. The van der Waals surface area contributed by atoms with Gasteiger partial charge in [0.1, 0.15) is 6.04 Å². The number of carbonyl (C=O) groups is 1. The molecule has 0 bridgehead atoms. The molecule has 2 N–H and O–H groups in total. The van der Waals surface area contributed by atoms with Gasteiger partial charge in [0.15, 0.2) is 0 Å². The van der Waals surface area contributed by atoms with Gasteiger partial charge in [-0.15, -0.1) is 0 Å². The Hall–Kier alpha value is -1.44. The molecule has 1 saturated heterocycles. The van der Waals surface area contributed by atoms with E-state index in [0.29, 0.717) is 32.0 Å². The second kappa shape index (κ2) is 9.66. The lowest BCUT2D eigenvalue weighted by Gasteiger charge is -2.23. The fourth-order valence-corrected chi connectivity index (χ4v) is 5.76. The fraction of sp³-hybridized carbons (Fsp3) is 0.650. The Morgan fingerprint density at radius 3 is 2.37 bits per heavy atom. The zero-order valence-corrected chi connectivity index (χ0v) is 16.7. The summed E-state index contributed by atoms with van der Waals surface area (Å²) < 4.78 is 27.1. The van der Waals surface area contributed by atoms with Crippen molar-refractivity contribution in [3.8, 4) is 0 Å². The summed E-state index contributed by atoms with van der Waals surface area (Å²) in [6.45, 7) is 1.66. The van der Waals surface area contributed by atoms with E-state index in [1.807, 2.05) is 0 Å². The summed E-state index contributed by atoms with van der Waals surface area (Å²) in [4.78, 5) is 12.8. The van der Waals surface area contributed by atoms with Crippen molar-refractivity contribution < 1.29 is 13.2 Å². The fourth-order valence-electron chi connectivity index (χ4n) is 4.08. The first-order valence-electron chi connectivity index (χ1n) is 10.2. The van der Waals surface area contributed by atoms with E-state index in [1.54, 1.807) is 30.3 Å². The third kappa shape index (κ3) is 5.30. The van der Waals surface area contributed by atoms with Crippen LogP contribution in [-0.2, 0) is 14.8 Å². The first-order valence-corrected chi connectivity index (χ1v) is 11.6. The summed E-state index contributed by atoms with van der Waals surface area (Å²) in [5.41, 5.74) is 0. The first kappa shape index (κ1) is 20.3. The highest BCUT2D eigenvalue weighted by Crippen LogP contribution is 2.26. The van der Waals surface area contributed by atoms with E-state index in [0.717, 1.165) is 6.54 Å². The van der Waals surface area contributed by atoms with Crippen LogP contribution >= 0.6 is 0 Å². The molecule has 2 fully saturated rings. The van der Waals surface area contributed by atoms with Gasteiger partial charge in [0, 0.05) is 25.7 Å². The van der Waals surface area contributed by atoms with E-state index in [-0.39, 0.29) is 10.8 Å². The van der Waals surface area contributed by atoms with E-state index in [4.69, 9.17) is 0 Å². The third-order valence-corrected chi connectivity index (χ3v) is 7.49. The lowest BCUT2D eigenvalue weighted by atomic mass is 10.1. The molecule has 1 aliphatic heterocycles. The van der Waals surface area contributed by atoms with E-state index in [1.165, 1.54) is 42.8 Å².